The van der Waals surface area contributed by atoms with Crippen molar-refractivity contribution in [1.29, 1.82) is 0 Å². The molecule has 0 fully saturated rings. The lowest BCUT2D eigenvalue weighted by molar-refractivity contribution is -0.385. The third-order valence-electron chi connectivity index (χ3n) is 4.20. The number of amides is 1. The van der Waals surface area contributed by atoms with Crippen molar-refractivity contribution in [3.8, 4) is 0 Å². The molecule has 8 nitrogen and oxygen atoms in total. The normalized spacial score (nSPS) is 11.6. The van der Waals surface area contributed by atoms with Gasteiger partial charge in [-0.3, -0.25) is 25.0 Å². The Labute approximate surface area is 144 Å². The van der Waals surface area contributed by atoms with Gasteiger partial charge in [-0.25, -0.2) is 0 Å². The zero-order valence-corrected chi connectivity index (χ0v) is 14.0. The highest BCUT2D eigenvalue weighted by Gasteiger charge is 2.24. The molecule has 0 bridgehead atoms. The van der Waals surface area contributed by atoms with Crippen molar-refractivity contribution in [2.45, 2.75) is 19.9 Å². The Morgan fingerprint density at radius 2 is 1.72 bits per heavy atom. The topological polar surface area (TPSA) is 107 Å². The van der Waals surface area contributed by atoms with Gasteiger partial charge in [-0.15, -0.1) is 0 Å². The molecule has 0 aliphatic rings. The Balaban J connectivity index is 2.34. The molecule has 1 amide bonds. The fourth-order valence-corrected chi connectivity index (χ4v) is 2.54. The smallest absolute Gasteiger partial charge is 0.273 e. The highest BCUT2D eigenvalue weighted by Crippen LogP contribution is 2.27. The Morgan fingerprint density at radius 1 is 1.08 bits per heavy atom. The highest BCUT2D eigenvalue weighted by atomic mass is 16.6. The zero-order chi connectivity index (χ0) is 18.7. The summed E-state index contributed by atoms with van der Waals surface area (Å²) in [4.78, 5) is 35.1. The van der Waals surface area contributed by atoms with Gasteiger partial charge in [-0.05, 0) is 25.5 Å². The summed E-state index contributed by atoms with van der Waals surface area (Å²) in [5, 5.41) is 21.9. The third-order valence-corrected chi connectivity index (χ3v) is 4.20. The van der Waals surface area contributed by atoms with Gasteiger partial charge in [0.25, 0.3) is 17.3 Å². The molecule has 2 aromatic rings. The lowest BCUT2D eigenvalue weighted by atomic mass is 10.0. The number of hydrogen-bond donors (Lipinski definition) is 0. The van der Waals surface area contributed by atoms with Crippen LogP contribution in [-0.4, -0.2) is 27.7 Å². The average molecular weight is 343 g/mol. The van der Waals surface area contributed by atoms with Crippen LogP contribution in [0.25, 0.3) is 0 Å². The molecule has 130 valence electrons. The molecule has 2 aromatic carbocycles. The minimum Gasteiger partial charge on any atom is -0.335 e. The van der Waals surface area contributed by atoms with E-state index in [2.05, 4.69) is 0 Å². The maximum Gasteiger partial charge on any atom is 0.273 e. The highest BCUT2D eigenvalue weighted by molar-refractivity contribution is 5.96. The van der Waals surface area contributed by atoms with Gasteiger partial charge in [0, 0.05) is 36.4 Å². The molecule has 8 heteroatoms. The summed E-state index contributed by atoms with van der Waals surface area (Å²) < 4.78 is 0. The van der Waals surface area contributed by atoms with E-state index in [0.29, 0.717) is 5.56 Å². The minimum atomic E-state index is -0.532. The van der Waals surface area contributed by atoms with Crippen molar-refractivity contribution in [1.82, 2.24) is 4.90 Å². The van der Waals surface area contributed by atoms with Crippen LogP contribution in [-0.2, 0) is 0 Å². The van der Waals surface area contributed by atoms with Crippen LogP contribution in [0.5, 0.6) is 0 Å². The Bertz CT molecular complexity index is 850. The molecule has 0 N–H and O–H groups in total. The summed E-state index contributed by atoms with van der Waals surface area (Å²) in [7, 11) is 1.56. The summed E-state index contributed by atoms with van der Waals surface area (Å²) in [6.07, 6.45) is 0. The zero-order valence-electron chi connectivity index (χ0n) is 14.0. The standard InChI is InChI=1S/C17H17N3O5/c1-11-15(8-5-9-16(11)20(24)25)17(21)18(3)12(2)13-6-4-7-14(10-13)19(22)23/h4-10,12H,1-3H3. The molecule has 0 saturated heterocycles. The van der Waals surface area contributed by atoms with Gasteiger partial charge in [0.05, 0.1) is 15.9 Å². The summed E-state index contributed by atoms with van der Waals surface area (Å²) in [6.45, 7) is 3.26. The van der Waals surface area contributed by atoms with Crippen LogP contribution in [0.15, 0.2) is 42.5 Å². The van der Waals surface area contributed by atoms with Crippen LogP contribution in [0.4, 0.5) is 11.4 Å². The monoisotopic (exact) mass is 343 g/mol. The van der Waals surface area contributed by atoms with Gasteiger partial charge in [0.1, 0.15) is 0 Å². The van der Waals surface area contributed by atoms with Crippen LogP contribution < -0.4 is 0 Å². The summed E-state index contributed by atoms with van der Waals surface area (Å²) >= 11 is 0. The predicted molar refractivity (Wildman–Crippen MR) is 91.4 cm³/mol. The van der Waals surface area contributed by atoms with E-state index in [1.54, 1.807) is 26.1 Å². The Morgan fingerprint density at radius 3 is 2.32 bits per heavy atom. The molecule has 0 heterocycles. The van der Waals surface area contributed by atoms with Crippen molar-refractivity contribution in [3.63, 3.8) is 0 Å². The first kappa shape index (κ1) is 18.1. The van der Waals surface area contributed by atoms with Gasteiger partial charge in [0.2, 0.25) is 0 Å². The van der Waals surface area contributed by atoms with Crippen molar-refractivity contribution in [3.05, 3.63) is 79.4 Å². The summed E-state index contributed by atoms with van der Waals surface area (Å²) in [5.41, 5.74) is 0.941. The fourth-order valence-electron chi connectivity index (χ4n) is 2.54. The average Bonchev–Trinajstić information content (AvgIpc) is 2.59. The van der Waals surface area contributed by atoms with Gasteiger partial charge < -0.3 is 4.90 Å². The van der Waals surface area contributed by atoms with Crippen LogP contribution >= 0.6 is 0 Å². The molecule has 25 heavy (non-hydrogen) atoms. The maximum absolute atomic E-state index is 12.7. The lowest BCUT2D eigenvalue weighted by Crippen LogP contribution is -2.30. The van der Waals surface area contributed by atoms with Crippen LogP contribution in [0.2, 0.25) is 0 Å². The second kappa shape index (κ2) is 7.08. The van der Waals surface area contributed by atoms with E-state index in [-0.39, 0.29) is 28.4 Å². The SMILES string of the molecule is Cc1c(C(=O)N(C)C(C)c2cccc([N+](=O)[O-])c2)cccc1[N+](=O)[O-]. The number of rotatable bonds is 5. The van der Waals surface area contributed by atoms with E-state index in [0.717, 1.165) is 0 Å². The molecule has 2 rings (SSSR count). The van der Waals surface area contributed by atoms with Crippen molar-refractivity contribution in [2.75, 3.05) is 7.05 Å². The molecule has 1 atom stereocenters. The molecule has 0 aromatic heterocycles. The number of benzene rings is 2. The molecule has 0 aliphatic carbocycles. The van der Waals surface area contributed by atoms with E-state index in [9.17, 15) is 25.0 Å². The number of hydrogen-bond acceptors (Lipinski definition) is 5. The second-order valence-electron chi connectivity index (χ2n) is 5.65. The van der Waals surface area contributed by atoms with Crippen LogP contribution in [0.3, 0.4) is 0 Å². The second-order valence-corrected chi connectivity index (χ2v) is 5.65. The van der Waals surface area contributed by atoms with E-state index < -0.39 is 15.9 Å². The first-order chi connectivity index (χ1) is 11.7. The minimum absolute atomic E-state index is 0.0586. The first-order valence-electron chi connectivity index (χ1n) is 7.49. The predicted octanol–water partition coefficient (Wildman–Crippen LogP) is 3.64. The largest absolute Gasteiger partial charge is 0.335 e. The Hall–Kier alpha value is -3.29. The Kier molecular flexibility index (Phi) is 5.11. The van der Waals surface area contributed by atoms with Crippen molar-refractivity contribution < 1.29 is 14.6 Å². The van der Waals surface area contributed by atoms with Gasteiger partial charge in [-0.1, -0.05) is 18.2 Å². The molecule has 0 saturated carbocycles. The van der Waals surface area contributed by atoms with Crippen LogP contribution in [0, 0.1) is 27.2 Å². The molecular formula is C17H17N3O5. The number of carbonyl (C=O) groups is 1. The maximum atomic E-state index is 12.7. The van der Waals surface area contributed by atoms with Gasteiger partial charge in [-0.2, -0.15) is 0 Å². The lowest BCUT2D eigenvalue weighted by Gasteiger charge is -2.26. The number of nitro groups is 2. The van der Waals surface area contributed by atoms with Gasteiger partial charge >= 0.3 is 0 Å². The van der Waals surface area contributed by atoms with E-state index in [1.165, 1.54) is 42.2 Å². The quantitative estimate of drug-likeness (QED) is 0.608. The van der Waals surface area contributed by atoms with E-state index >= 15 is 0 Å². The van der Waals surface area contributed by atoms with Gasteiger partial charge in [0.15, 0.2) is 0 Å². The molecule has 1 unspecified atom stereocenters. The number of nitro benzene ring substituents is 2. The van der Waals surface area contributed by atoms with Crippen molar-refractivity contribution >= 4 is 17.3 Å². The summed E-state index contributed by atoms with van der Waals surface area (Å²) in [5.74, 6) is -0.389. The fraction of sp³-hybridized carbons (Fsp3) is 0.235. The molecular weight excluding hydrogens is 326 g/mol. The molecule has 0 radical (unpaired) electrons. The third kappa shape index (κ3) is 3.63. The van der Waals surface area contributed by atoms with E-state index in [1.807, 2.05) is 0 Å². The molecule has 0 spiro atoms. The number of carbonyl (C=O) groups excluding carboxylic acids is 1. The van der Waals surface area contributed by atoms with E-state index in [4.69, 9.17) is 0 Å². The molecule has 0 aliphatic heterocycles. The van der Waals surface area contributed by atoms with Crippen LogP contribution in [0.1, 0.15) is 34.5 Å². The first-order valence-corrected chi connectivity index (χ1v) is 7.49. The number of non-ortho nitro benzene ring substituents is 1. The van der Waals surface area contributed by atoms with Crippen molar-refractivity contribution in [2.24, 2.45) is 0 Å². The number of nitrogens with zero attached hydrogens (tertiary/aromatic N) is 3. The summed E-state index contributed by atoms with van der Waals surface area (Å²) in [6, 6.07) is 9.94.